The lowest BCUT2D eigenvalue weighted by Crippen LogP contribution is -1.95. The molecule has 0 spiro atoms. The molecule has 1 atom stereocenters. The molecule has 0 aromatic rings. The van der Waals surface area contributed by atoms with Crippen molar-refractivity contribution in [3.8, 4) is 0 Å². The summed E-state index contributed by atoms with van der Waals surface area (Å²) in [4.78, 5) is 0. The predicted molar refractivity (Wildman–Crippen MR) is 55.1 cm³/mol. The molecule has 0 aromatic carbocycles. The minimum Gasteiger partial charge on any atom is -0.127 e. The third kappa shape index (κ3) is 7.10. The number of halogens is 1. The first-order valence-electron chi connectivity index (χ1n) is 3.55. The van der Waals surface area contributed by atoms with Crippen LogP contribution >= 0.6 is 33.2 Å². The van der Waals surface area contributed by atoms with Gasteiger partial charge in [0.2, 0.25) is 0 Å². The Balaban J connectivity index is 3.12. The molecule has 0 radical (unpaired) electrons. The minimum atomic E-state index is 0.699. The van der Waals surface area contributed by atoms with Crippen molar-refractivity contribution in [3.63, 3.8) is 0 Å². The molecule has 0 bridgehead atoms. The summed E-state index contributed by atoms with van der Waals surface area (Å²) in [6, 6.07) is 0. The van der Waals surface area contributed by atoms with Gasteiger partial charge in [0.15, 0.2) is 0 Å². The number of hydrogen-bond acceptors (Lipinski definition) is 2. The second kappa shape index (κ2) is 6.68. The summed E-state index contributed by atoms with van der Waals surface area (Å²) in [6.45, 7) is 6.65. The van der Waals surface area contributed by atoms with Crippen molar-refractivity contribution in [1.29, 1.82) is 0 Å². The van der Waals surface area contributed by atoms with Gasteiger partial charge in [-0.05, 0) is 6.42 Å². The van der Waals surface area contributed by atoms with E-state index >= 15 is 0 Å². The first-order chi connectivity index (χ1) is 4.66. The molecule has 0 amide bonds. The zero-order valence-corrected chi connectivity index (χ0v) is 9.15. The number of hydrogen-bond donors (Lipinski definition) is 0. The van der Waals surface area contributed by atoms with Gasteiger partial charge in [-0.1, -0.05) is 42.4 Å². The van der Waals surface area contributed by atoms with Gasteiger partial charge in [0.25, 0.3) is 0 Å². The monoisotopic (exact) mass is 198 g/mol. The maximum absolute atomic E-state index is 5.59. The van der Waals surface area contributed by atoms with E-state index in [2.05, 4.69) is 20.8 Å². The normalized spacial score (nSPS) is 14.1. The lowest BCUT2D eigenvalue weighted by molar-refractivity contribution is 0.918. The highest BCUT2D eigenvalue weighted by Crippen LogP contribution is 2.31. The van der Waals surface area contributed by atoms with Crippen molar-refractivity contribution >= 4 is 33.2 Å². The van der Waals surface area contributed by atoms with Crippen LogP contribution in [0.2, 0.25) is 0 Å². The molecular weight excluding hydrogens is 184 g/mol. The van der Waals surface area contributed by atoms with Gasteiger partial charge in [0, 0.05) is 16.4 Å². The molecule has 0 saturated heterocycles. The lowest BCUT2D eigenvalue weighted by atomic mass is 10.4. The Morgan fingerprint density at radius 2 is 1.80 bits per heavy atom. The van der Waals surface area contributed by atoms with E-state index in [4.69, 9.17) is 11.6 Å². The van der Waals surface area contributed by atoms with Gasteiger partial charge in [-0.15, -0.1) is 11.6 Å². The topological polar surface area (TPSA) is 0 Å². The average Bonchev–Trinajstić information content (AvgIpc) is 1.85. The molecule has 0 heterocycles. The van der Waals surface area contributed by atoms with Crippen LogP contribution < -0.4 is 0 Å². The Morgan fingerprint density at radius 3 is 2.20 bits per heavy atom. The second-order valence-corrected chi connectivity index (χ2v) is 6.19. The van der Waals surface area contributed by atoms with Crippen LogP contribution in [0.25, 0.3) is 0 Å². The fourth-order valence-corrected chi connectivity index (χ4v) is 3.01. The van der Waals surface area contributed by atoms with Crippen molar-refractivity contribution in [1.82, 2.24) is 0 Å². The molecule has 0 aliphatic carbocycles. The van der Waals surface area contributed by atoms with Crippen molar-refractivity contribution in [2.24, 2.45) is 0 Å². The highest BCUT2D eigenvalue weighted by Gasteiger charge is 2.02. The molecule has 0 saturated carbocycles. The molecule has 0 rings (SSSR count). The molecule has 0 aliphatic rings. The molecule has 0 nitrogen and oxygen atoms in total. The molecule has 0 aromatic heterocycles. The standard InChI is InChI=1S/C7H15ClS2/c1-6(2)9-10-7(3)4-5-8/h6-7H,4-5H2,1-3H3. The zero-order chi connectivity index (χ0) is 7.98. The first kappa shape index (κ1) is 11.0. The van der Waals surface area contributed by atoms with Crippen LogP contribution in [0.4, 0.5) is 0 Å². The first-order valence-corrected chi connectivity index (χ1v) is 6.36. The van der Waals surface area contributed by atoms with E-state index in [1.807, 2.05) is 21.6 Å². The van der Waals surface area contributed by atoms with Crippen LogP contribution in [0.3, 0.4) is 0 Å². The van der Waals surface area contributed by atoms with Crippen molar-refractivity contribution in [3.05, 3.63) is 0 Å². The summed E-state index contributed by atoms with van der Waals surface area (Å²) in [6.07, 6.45) is 1.12. The van der Waals surface area contributed by atoms with Crippen molar-refractivity contribution < 1.29 is 0 Å². The Morgan fingerprint density at radius 1 is 1.20 bits per heavy atom. The van der Waals surface area contributed by atoms with Crippen LogP contribution in [0, 0.1) is 0 Å². The summed E-state index contributed by atoms with van der Waals surface area (Å²) in [7, 11) is 3.88. The molecule has 0 aliphatic heterocycles. The van der Waals surface area contributed by atoms with Crippen LogP contribution in [0.5, 0.6) is 0 Å². The van der Waals surface area contributed by atoms with E-state index < -0.39 is 0 Å². The molecule has 1 unspecified atom stereocenters. The summed E-state index contributed by atoms with van der Waals surface area (Å²) in [5.41, 5.74) is 0. The van der Waals surface area contributed by atoms with E-state index in [0.29, 0.717) is 5.25 Å². The Labute approximate surface area is 76.9 Å². The molecule has 0 N–H and O–H groups in total. The molecule has 62 valence electrons. The summed E-state index contributed by atoms with van der Waals surface area (Å²) in [5, 5.41) is 1.42. The predicted octanol–water partition coefficient (Wildman–Crippen LogP) is 3.79. The zero-order valence-electron chi connectivity index (χ0n) is 6.76. The summed E-state index contributed by atoms with van der Waals surface area (Å²) >= 11 is 5.59. The maximum Gasteiger partial charge on any atom is 0.0234 e. The van der Waals surface area contributed by atoms with Gasteiger partial charge in [0.05, 0.1) is 0 Å². The Kier molecular flexibility index (Phi) is 7.35. The van der Waals surface area contributed by atoms with Crippen molar-refractivity contribution in [2.75, 3.05) is 5.88 Å². The molecule has 3 heteroatoms. The Bertz CT molecular complexity index is 76.0. The number of rotatable bonds is 5. The smallest absolute Gasteiger partial charge is 0.0234 e. The van der Waals surface area contributed by atoms with Gasteiger partial charge >= 0.3 is 0 Å². The van der Waals surface area contributed by atoms with Crippen LogP contribution in [-0.4, -0.2) is 16.4 Å². The molecule has 0 fully saturated rings. The highest BCUT2D eigenvalue weighted by molar-refractivity contribution is 8.77. The minimum absolute atomic E-state index is 0.699. The Hall–Kier alpha value is 0.990. The van der Waals surface area contributed by atoms with Crippen LogP contribution in [-0.2, 0) is 0 Å². The third-order valence-electron chi connectivity index (χ3n) is 0.928. The van der Waals surface area contributed by atoms with E-state index in [-0.39, 0.29) is 0 Å². The average molecular weight is 199 g/mol. The second-order valence-electron chi connectivity index (χ2n) is 2.53. The third-order valence-corrected chi connectivity index (χ3v) is 4.68. The van der Waals surface area contributed by atoms with Crippen molar-refractivity contribution in [2.45, 2.75) is 37.7 Å². The lowest BCUT2D eigenvalue weighted by Gasteiger charge is -2.09. The van der Waals surface area contributed by atoms with Gasteiger partial charge in [-0.3, -0.25) is 0 Å². The van der Waals surface area contributed by atoms with Crippen LogP contribution in [0.1, 0.15) is 27.2 Å². The largest absolute Gasteiger partial charge is 0.127 e. The van der Waals surface area contributed by atoms with E-state index in [9.17, 15) is 0 Å². The van der Waals surface area contributed by atoms with Crippen LogP contribution in [0.15, 0.2) is 0 Å². The molecule has 10 heavy (non-hydrogen) atoms. The fourth-order valence-electron chi connectivity index (χ4n) is 0.408. The number of alkyl halides is 1. The fraction of sp³-hybridized carbons (Fsp3) is 1.00. The molecular formula is C7H15ClS2. The van der Waals surface area contributed by atoms with Gasteiger partial charge < -0.3 is 0 Å². The SMILES string of the molecule is CC(C)SSC(C)CCCl. The maximum atomic E-state index is 5.59. The summed E-state index contributed by atoms with van der Waals surface area (Å²) in [5.74, 6) is 0.785. The quantitative estimate of drug-likeness (QED) is 0.487. The summed E-state index contributed by atoms with van der Waals surface area (Å²) < 4.78 is 0. The van der Waals surface area contributed by atoms with Gasteiger partial charge in [-0.25, -0.2) is 0 Å². The van der Waals surface area contributed by atoms with Gasteiger partial charge in [0.1, 0.15) is 0 Å². The van der Waals surface area contributed by atoms with E-state index in [1.54, 1.807) is 0 Å². The van der Waals surface area contributed by atoms with E-state index in [1.165, 1.54) is 0 Å². The van der Waals surface area contributed by atoms with Gasteiger partial charge in [-0.2, -0.15) is 0 Å². The highest BCUT2D eigenvalue weighted by atomic mass is 35.5. The van der Waals surface area contributed by atoms with E-state index in [0.717, 1.165) is 17.6 Å².